The molecule has 2 aromatic heterocycles. The Kier molecular flexibility index (Phi) is 4.47. The van der Waals surface area contributed by atoms with Crippen molar-refractivity contribution in [2.24, 2.45) is 0 Å². The van der Waals surface area contributed by atoms with Crippen LogP contribution >= 0.6 is 11.3 Å². The SMILES string of the molecule is Cc1nc(C)c2c(C)c(C(=O)NC[C@@H]3CN4CCC[C@@H]4CO3)sc2n1. The van der Waals surface area contributed by atoms with Crippen molar-refractivity contribution in [1.29, 1.82) is 0 Å². The number of carbonyl (C=O) groups excluding carboxylic acids is 1. The summed E-state index contributed by atoms with van der Waals surface area (Å²) in [6.07, 6.45) is 2.57. The molecule has 7 heteroatoms. The number of hydrogen-bond acceptors (Lipinski definition) is 6. The smallest absolute Gasteiger partial charge is 0.261 e. The highest BCUT2D eigenvalue weighted by atomic mass is 32.1. The van der Waals surface area contributed by atoms with Gasteiger partial charge in [0, 0.05) is 30.2 Å². The summed E-state index contributed by atoms with van der Waals surface area (Å²) >= 11 is 1.45. The van der Waals surface area contributed by atoms with Gasteiger partial charge in [0.05, 0.1) is 17.6 Å². The number of carbonyl (C=O) groups is 1. The van der Waals surface area contributed by atoms with Crippen LogP contribution in [0.15, 0.2) is 0 Å². The normalized spacial score (nSPS) is 23.8. The third kappa shape index (κ3) is 3.16. The molecular formula is C18H24N4O2S. The topological polar surface area (TPSA) is 67.4 Å². The van der Waals surface area contributed by atoms with Gasteiger partial charge in [0.2, 0.25) is 0 Å². The van der Waals surface area contributed by atoms with Gasteiger partial charge >= 0.3 is 0 Å². The Bertz CT molecular complexity index is 819. The first kappa shape index (κ1) is 16.9. The molecule has 134 valence electrons. The molecule has 4 rings (SSSR count). The lowest BCUT2D eigenvalue weighted by Crippen LogP contribution is -2.50. The van der Waals surface area contributed by atoms with Crippen molar-refractivity contribution < 1.29 is 9.53 Å². The van der Waals surface area contributed by atoms with E-state index < -0.39 is 0 Å². The highest BCUT2D eigenvalue weighted by Gasteiger charge is 2.32. The highest BCUT2D eigenvalue weighted by Crippen LogP contribution is 2.31. The number of rotatable bonds is 3. The summed E-state index contributed by atoms with van der Waals surface area (Å²) in [5, 5.41) is 4.06. The second-order valence-electron chi connectivity index (χ2n) is 7.05. The van der Waals surface area contributed by atoms with Gasteiger partial charge in [-0.3, -0.25) is 9.69 Å². The van der Waals surface area contributed by atoms with Crippen molar-refractivity contribution in [3.63, 3.8) is 0 Å². The molecule has 0 aliphatic carbocycles. The number of hydrogen-bond donors (Lipinski definition) is 1. The summed E-state index contributed by atoms with van der Waals surface area (Å²) in [6.45, 7) is 9.25. The molecule has 0 aromatic carbocycles. The van der Waals surface area contributed by atoms with Gasteiger partial charge in [-0.25, -0.2) is 9.97 Å². The van der Waals surface area contributed by atoms with Gasteiger partial charge in [0.1, 0.15) is 10.7 Å². The fourth-order valence-electron chi connectivity index (χ4n) is 3.99. The number of fused-ring (bicyclic) bond motifs is 2. The van der Waals surface area contributed by atoms with Crippen LogP contribution in [0.25, 0.3) is 10.2 Å². The molecule has 6 nitrogen and oxygen atoms in total. The second kappa shape index (κ2) is 6.63. The van der Waals surface area contributed by atoms with E-state index in [4.69, 9.17) is 4.74 Å². The molecule has 1 N–H and O–H groups in total. The quantitative estimate of drug-likeness (QED) is 0.909. The van der Waals surface area contributed by atoms with E-state index in [9.17, 15) is 4.79 Å². The Labute approximate surface area is 151 Å². The molecule has 0 spiro atoms. The lowest BCUT2D eigenvalue weighted by molar-refractivity contribution is -0.0461. The molecule has 2 aliphatic heterocycles. The van der Waals surface area contributed by atoms with E-state index in [0.29, 0.717) is 12.6 Å². The van der Waals surface area contributed by atoms with Crippen LogP contribution in [-0.2, 0) is 4.74 Å². The molecule has 0 radical (unpaired) electrons. The van der Waals surface area contributed by atoms with E-state index in [2.05, 4.69) is 20.2 Å². The Balaban J connectivity index is 1.45. The largest absolute Gasteiger partial charge is 0.373 e. The highest BCUT2D eigenvalue weighted by molar-refractivity contribution is 7.20. The average molecular weight is 360 g/mol. The van der Waals surface area contributed by atoms with Crippen LogP contribution < -0.4 is 5.32 Å². The molecule has 4 heterocycles. The Morgan fingerprint density at radius 1 is 1.36 bits per heavy atom. The van der Waals surface area contributed by atoms with Crippen molar-refractivity contribution in [2.75, 3.05) is 26.2 Å². The van der Waals surface area contributed by atoms with Crippen molar-refractivity contribution in [3.8, 4) is 0 Å². The molecule has 0 bridgehead atoms. The first-order chi connectivity index (χ1) is 12.0. The number of nitrogens with zero attached hydrogens (tertiary/aromatic N) is 3. The minimum atomic E-state index is -0.0373. The maximum Gasteiger partial charge on any atom is 0.261 e. The minimum Gasteiger partial charge on any atom is -0.373 e. The molecule has 0 saturated carbocycles. The van der Waals surface area contributed by atoms with Crippen LogP contribution in [0.4, 0.5) is 0 Å². The maximum absolute atomic E-state index is 12.7. The molecule has 2 saturated heterocycles. The molecule has 2 fully saturated rings. The molecule has 2 aliphatic rings. The van der Waals surface area contributed by atoms with E-state index in [1.54, 1.807) is 0 Å². The van der Waals surface area contributed by atoms with Crippen molar-refractivity contribution in [1.82, 2.24) is 20.2 Å². The average Bonchev–Trinajstić information content (AvgIpc) is 3.16. The fourth-order valence-corrected chi connectivity index (χ4v) is 5.18. The number of aryl methyl sites for hydroxylation is 3. The van der Waals surface area contributed by atoms with Crippen LogP contribution in [0.3, 0.4) is 0 Å². The van der Waals surface area contributed by atoms with E-state index >= 15 is 0 Å². The third-order valence-electron chi connectivity index (χ3n) is 5.24. The van der Waals surface area contributed by atoms with Crippen LogP contribution in [0, 0.1) is 20.8 Å². The molecular weight excluding hydrogens is 336 g/mol. The fraction of sp³-hybridized carbons (Fsp3) is 0.611. The van der Waals surface area contributed by atoms with Crippen LogP contribution in [0.1, 0.15) is 39.6 Å². The first-order valence-electron chi connectivity index (χ1n) is 8.91. The Hall–Kier alpha value is -1.57. The van der Waals surface area contributed by atoms with Crippen molar-refractivity contribution in [3.05, 3.63) is 22.0 Å². The van der Waals surface area contributed by atoms with Gasteiger partial charge in [0.15, 0.2) is 0 Å². The van der Waals surface area contributed by atoms with Gasteiger partial charge < -0.3 is 10.1 Å². The Morgan fingerprint density at radius 2 is 2.20 bits per heavy atom. The Morgan fingerprint density at radius 3 is 3.04 bits per heavy atom. The molecule has 2 aromatic rings. The van der Waals surface area contributed by atoms with Gasteiger partial charge in [-0.2, -0.15) is 0 Å². The zero-order chi connectivity index (χ0) is 17.6. The summed E-state index contributed by atoms with van der Waals surface area (Å²) < 4.78 is 5.93. The van der Waals surface area contributed by atoms with Crippen molar-refractivity contribution in [2.45, 2.75) is 45.8 Å². The van der Waals surface area contributed by atoms with Gasteiger partial charge in [-0.15, -0.1) is 11.3 Å². The number of amides is 1. The van der Waals surface area contributed by atoms with Crippen LogP contribution in [-0.4, -0.2) is 59.2 Å². The summed E-state index contributed by atoms with van der Waals surface area (Å²) in [4.78, 5) is 25.7. The van der Waals surface area contributed by atoms with Gasteiger partial charge in [-0.05, 0) is 45.7 Å². The summed E-state index contributed by atoms with van der Waals surface area (Å²) in [7, 11) is 0. The van der Waals surface area contributed by atoms with Crippen LogP contribution in [0.5, 0.6) is 0 Å². The summed E-state index contributed by atoms with van der Waals surface area (Å²) in [5.74, 6) is 0.707. The zero-order valence-electron chi connectivity index (χ0n) is 15.0. The molecule has 25 heavy (non-hydrogen) atoms. The maximum atomic E-state index is 12.7. The number of thiophene rings is 1. The third-order valence-corrected chi connectivity index (χ3v) is 6.43. The molecule has 1 amide bonds. The van der Waals surface area contributed by atoms with Crippen molar-refractivity contribution >= 4 is 27.5 Å². The lowest BCUT2D eigenvalue weighted by Gasteiger charge is -2.35. The number of aromatic nitrogens is 2. The lowest BCUT2D eigenvalue weighted by atomic mass is 10.1. The van der Waals surface area contributed by atoms with Gasteiger partial charge in [-0.1, -0.05) is 0 Å². The summed E-state index contributed by atoms with van der Waals surface area (Å²) in [6, 6.07) is 0.585. The predicted octanol–water partition coefficient (Wildman–Crippen LogP) is 2.21. The molecule has 2 atom stereocenters. The number of morpholine rings is 1. The predicted molar refractivity (Wildman–Crippen MR) is 98.3 cm³/mol. The monoisotopic (exact) mass is 360 g/mol. The van der Waals surface area contributed by atoms with E-state index in [1.165, 1.54) is 24.2 Å². The van der Waals surface area contributed by atoms with E-state index in [0.717, 1.165) is 51.9 Å². The first-order valence-corrected chi connectivity index (χ1v) is 9.72. The number of ether oxygens (including phenoxy) is 1. The minimum absolute atomic E-state index is 0.0373. The van der Waals surface area contributed by atoms with E-state index in [1.807, 2.05) is 20.8 Å². The second-order valence-corrected chi connectivity index (χ2v) is 8.05. The standard InChI is InChI=1S/C18H24N4O2S/c1-10-15-11(2)20-12(3)21-18(15)25-16(10)17(23)19-7-14-8-22-6-4-5-13(22)9-24-14/h13-14H,4-9H2,1-3H3,(H,19,23)/t13-,14-/m1/s1. The number of nitrogens with one attached hydrogen (secondary N) is 1. The molecule has 0 unspecified atom stereocenters. The van der Waals surface area contributed by atoms with E-state index in [-0.39, 0.29) is 12.0 Å². The zero-order valence-corrected chi connectivity index (χ0v) is 15.8. The van der Waals surface area contributed by atoms with Crippen LogP contribution in [0.2, 0.25) is 0 Å². The summed E-state index contributed by atoms with van der Waals surface area (Å²) in [5.41, 5.74) is 1.91. The van der Waals surface area contributed by atoms with Gasteiger partial charge in [0.25, 0.3) is 5.91 Å².